The number of carbonyl (C=O) groups excluding carboxylic acids is 1. The fourth-order valence-corrected chi connectivity index (χ4v) is 3.01. The molecule has 0 atom stereocenters. The lowest BCUT2D eigenvalue weighted by molar-refractivity contribution is 0.0677. The minimum atomic E-state index is -0.130. The first-order valence-corrected chi connectivity index (χ1v) is 9.08. The number of hydrogen-bond acceptors (Lipinski definition) is 5. The van der Waals surface area contributed by atoms with Crippen LogP contribution in [0, 0.1) is 0 Å². The van der Waals surface area contributed by atoms with E-state index in [9.17, 15) is 4.79 Å². The first-order chi connectivity index (χ1) is 12.6. The first kappa shape index (κ1) is 20.2. The molecular formula is C19H23BrN2O4. The number of carbonyl (C=O) groups is 1. The highest BCUT2D eigenvalue weighted by atomic mass is 79.9. The molecule has 0 radical (unpaired) electrons. The molecule has 0 saturated carbocycles. The van der Waals surface area contributed by atoms with Crippen LogP contribution in [0.25, 0.3) is 0 Å². The molecule has 6 nitrogen and oxygen atoms in total. The average Bonchev–Trinajstić information content (AvgIpc) is 2.66. The van der Waals surface area contributed by atoms with Gasteiger partial charge < -0.3 is 19.1 Å². The standard InChI is InChI=1S/C19H23BrN2O4/c1-4-26-18-16(20)11-14(12-17(18)25-3)19(23)22(9-10-24-2)13-15-7-5-6-8-21-15/h5-8,11-12H,4,9-10,13H2,1-3H3. The summed E-state index contributed by atoms with van der Waals surface area (Å²) < 4.78 is 16.8. The van der Waals surface area contributed by atoms with Crippen molar-refractivity contribution in [3.05, 3.63) is 52.3 Å². The Morgan fingerprint density at radius 3 is 2.69 bits per heavy atom. The summed E-state index contributed by atoms with van der Waals surface area (Å²) in [6.45, 7) is 3.69. The Labute approximate surface area is 162 Å². The van der Waals surface area contributed by atoms with E-state index in [1.165, 1.54) is 0 Å². The number of ether oxygens (including phenoxy) is 3. The molecule has 0 unspecified atom stereocenters. The summed E-state index contributed by atoms with van der Waals surface area (Å²) in [6.07, 6.45) is 1.71. The van der Waals surface area contributed by atoms with Gasteiger partial charge in [-0.3, -0.25) is 9.78 Å². The highest BCUT2D eigenvalue weighted by Crippen LogP contribution is 2.37. The van der Waals surface area contributed by atoms with Crippen molar-refractivity contribution in [3.63, 3.8) is 0 Å². The van der Waals surface area contributed by atoms with Gasteiger partial charge in [-0.1, -0.05) is 6.07 Å². The third-order valence-corrected chi connectivity index (χ3v) is 4.29. The number of methoxy groups -OCH3 is 2. The maximum Gasteiger partial charge on any atom is 0.254 e. The Morgan fingerprint density at radius 2 is 2.08 bits per heavy atom. The minimum Gasteiger partial charge on any atom is -0.493 e. The second-order valence-corrected chi connectivity index (χ2v) is 6.32. The molecule has 7 heteroatoms. The molecule has 0 aliphatic rings. The number of hydrogen-bond donors (Lipinski definition) is 0. The molecule has 0 bridgehead atoms. The molecule has 0 aliphatic carbocycles. The van der Waals surface area contributed by atoms with Gasteiger partial charge in [-0.25, -0.2) is 0 Å². The summed E-state index contributed by atoms with van der Waals surface area (Å²) >= 11 is 3.46. The van der Waals surface area contributed by atoms with Gasteiger partial charge in [0.05, 0.1) is 37.0 Å². The van der Waals surface area contributed by atoms with Crippen LogP contribution in [0.2, 0.25) is 0 Å². The zero-order chi connectivity index (χ0) is 18.9. The molecule has 1 aromatic heterocycles. The highest BCUT2D eigenvalue weighted by molar-refractivity contribution is 9.10. The van der Waals surface area contributed by atoms with E-state index in [0.717, 1.165) is 5.69 Å². The molecule has 140 valence electrons. The molecule has 0 fully saturated rings. The molecule has 0 aliphatic heterocycles. The van der Waals surface area contributed by atoms with E-state index < -0.39 is 0 Å². The SMILES string of the molecule is CCOc1c(Br)cc(C(=O)N(CCOC)Cc2ccccn2)cc1OC. The lowest BCUT2D eigenvalue weighted by atomic mass is 10.1. The Morgan fingerprint density at radius 1 is 1.27 bits per heavy atom. The molecular weight excluding hydrogens is 400 g/mol. The summed E-state index contributed by atoms with van der Waals surface area (Å²) in [5.74, 6) is 0.962. The van der Waals surface area contributed by atoms with E-state index in [4.69, 9.17) is 14.2 Å². The van der Waals surface area contributed by atoms with Crippen molar-refractivity contribution in [1.82, 2.24) is 9.88 Å². The van der Waals surface area contributed by atoms with Crippen molar-refractivity contribution in [3.8, 4) is 11.5 Å². The number of benzene rings is 1. The van der Waals surface area contributed by atoms with Crippen LogP contribution in [0.15, 0.2) is 41.0 Å². The summed E-state index contributed by atoms with van der Waals surface area (Å²) in [7, 11) is 3.16. The fraction of sp³-hybridized carbons (Fsp3) is 0.368. The van der Waals surface area contributed by atoms with Gasteiger partial charge >= 0.3 is 0 Å². The second-order valence-electron chi connectivity index (χ2n) is 5.46. The number of halogens is 1. The second kappa shape index (κ2) is 10.1. The van der Waals surface area contributed by atoms with Gasteiger partial charge in [0.25, 0.3) is 5.91 Å². The average molecular weight is 423 g/mol. The van der Waals surface area contributed by atoms with Crippen LogP contribution in [0.4, 0.5) is 0 Å². The normalized spacial score (nSPS) is 10.5. The highest BCUT2D eigenvalue weighted by Gasteiger charge is 2.20. The van der Waals surface area contributed by atoms with Crippen LogP contribution in [0.1, 0.15) is 23.0 Å². The summed E-state index contributed by atoms with van der Waals surface area (Å²) in [4.78, 5) is 19.1. The lowest BCUT2D eigenvalue weighted by Gasteiger charge is -2.23. The number of pyridine rings is 1. The lowest BCUT2D eigenvalue weighted by Crippen LogP contribution is -2.33. The largest absolute Gasteiger partial charge is 0.493 e. The van der Waals surface area contributed by atoms with E-state index >= 15 is 0 Å². The van der Waals surface area contributed by atoms with Crippen molar-refractivity contribution in [2.45, 2.75) is 13.5 Å². The van der Waals surface area contributed by atoms with Crippen molar-refractivity contribution in [2.24, 2.45) is 0 Å². The third kappa shape index (κ3) is 5.19. The van der Waals surface area contributed by atoms with Gasteiger partial charge in [0, 0.05) is 25.4 Å². The van der Waals surface area contributed by atoms with Crippen molar-refractivity contribution >= 4 is 21.8 Å². The molecule has 1 heterocycles. The summed E-state index contributed by atoms with van der Waals surface area (Å²) in [6, 6.07) is 9.07. The van der Waals surface area contributed by atoms with Crippen molar-refractivity contribution < 1.29 is 19.0 Å². The van der Waals surface area contributed by atoms with Crippen LogP contribution in [0.3, 0.4) is 0 Å². The molecule has 1 amide bonds. The Bertz CT molecular complexity index is 725. The molecule has 2 aromatic rings. The third-order valence-electron chi connectivity index (χ3n) is 3.70. The minimum absolute atomic E-state index is 0.130. The predicted octanol–water partition coefficient (Wildman–Crippen LogP) is 3.54. The molecule has 0 N–H and O–H groups in total. The predicted molar refractivity (Wildman–Crippen MR) is 103 cm³/mol. The quantitative estimate of drug-likeness (QED) is 0.618. The molecule has 0 saturated heterocycles. The van der Waals surface area contributed by atoms with Gasteiger partial charge in [-0.15, -0.1) is 0 Å². The smallest absolute Gasteiger partial charge is 0.254 e. The van der Waals surface area contributed by atoms with E-state index in [2.05, 4.69) is 20.9 Å². The van der Waals surface area contributed by atoms with Crippen LogP contribution in [-0.4, -0.2) is 49.8 Å². The Hall–Kier alpha value is -2.12. The maximum atomic E-state index is 13.1. The number of rotatable bonds is 9. The van der Waals surface area contributed by atoms with Crippen LogP contribution < -0.4 is 9.47 Å². The number of amides is 1. The molecule has 0 spiro atoms. The van der Waals surface area contributed by atoms with Crippen molar-refractivity contribution in [1.29, 1.82) is 0 Å². The summed E-state index contributed by atoms with van der Waals surface area (Å²) in [5.41, 5.74) is 1.32. The first-order valence-electron chi connectivity index (χ1n) is 8.29. The van der Waals surface area contributed by atoms with E-state index in [1.807, 2.05) is 25.1 Å². The van der Waals surface area contributed by atoms with Crippen LogP contribution >= 0.6 is 15.9 Å². The summed E-state index contributed by atoms with van der Waals surface area (Å²) in [5, 5.41) is 0. The maximum absolute atomic E-state index is 13.1. The van der Waals surface area contributed by atoms with Crippen LogP contribution in [0.5, 0.6) is 11.5 Å². The topological polar surface area (TPSA) is 60.9 Å². The van der Waals surface area contributed by atoms with Gasteiger partial charge in [-0.2, -0.15) is 0 Å². The molecule has 2 rings (SSSR count). The fourth-order valence-electron chi connectivity index (χ4n) is 2.45. The Balaban J connectivity index is 2.30. The van der Waals surface area contributed by atoms with E-state index in [-0.39, 0.29) is 5.91 Å². The number of aromatic nitrogens is 1. The van der Waals surface area contributed by atoms with Gasteiger partial charge in [0.15, 0.2) is 11.5 Å². The van der Waals surface area contributed by atoms with E-state index in [0.29, 0.717) is 47.8 Å². The van der Waals surface area contributed by atoms with Gasteiger partial charge in [0.2, 0.25) is 0 Å². The van der Waals surface area contributed by atoms with Gasteiger partial charge in [-0.05, 0) is 47.1 Å². The number of nitrogens with zero attached hydrogens (tertiary/aromatic N) is 2. The molecule has 1 aromatic carbocycles. The van der Waals surface area contributed by atoms with E-state index in [1.54, 1.807) is 37.4 Å². The van der Waals surface area contributed by atoms with Crippen LogP contribution in [-0.2, 0) is 11.3 Å². The molecule has 26 heavy (non-hydrogen) atoms. The zero-order valence-corrected chi connectivity index (χ0v) is 16.8. The zero-order valence-electron chi connectivity index (χ0n) is 15.2. The Kier molecular flexibility index (Phi) is 7.87. The van der Waals surface area contributed by atoms with Crippen molar-refractivity contribution in [2.75, 3.05) is 34.0 Å². The van der Waals surface area contributed by atoms with Gasteiger partial charge in [0.1, 0.15) is 0 Å². The monoisotopic (exact) mass is 422 g/mol.